The van der Waals surface area contributed by atoms with Gasteiger partial charge in [-0.25, -0.2) is 9.37 Å². The Labute approximate surface area is 159 Å². The number of rotatable bonds is 6. The topological polar surface area (TPSA) is 108 Å². The van der Waals surface area contributed by atoms with Gasteiger partial charge in [0.15, 0.2) is 23.2 Å². The molecule has 142 valence electrons. The third kappa shape index (κ3) is 4.10. The Morgan fingerprint density at radius 1 is 1.32 bits per heavy atom. The lowest BCUT2D eigenvalue weighted by Crippen LogP contribution is -2.11. The van der Waals surface area contributed by atoms with Gasteiger partial charge in [0.25, 0.3) is 0 Å². The molecular formula is C20H16FN3O4. The molecule has 0 saturated carbocycles. The van der Waals surface area contributed by atoms with Crippen molar-refractivity contribution < 1.29 is 23.8 Å². The molecule has 0 radical (unpaired) electrons. The summed E-state index contributed by atoms with van der Waals surface area (Å²) in [6.45, 7) is -0.503. The van der Waals surface area contributed by atoms with E-state index in [2.05, 4.69) is 9.97 Å². The fraction of sp³-hybridized carbons (Fsp3) is 0.150. The number of aliphatic hydroxyl groups is 1. The standard InChI is InChI=1S/C20H16FN3O4/c1-27-18-7-6-12(8-14(18)21)9-19(26)28-11-17(25)13(10-22)20-23-15-4-2-3-5-16(15)24-20/h2-8,25H,9,11H2,1H3,(H,23,24)/b17-13-. The normalized spacial score (nSPS) is 11.6. The molecule has 3 rings (SSSR count). The first-order chi connectivity index (χ1) is 13.5. The highest BCUT2D eigenvalue weighted by molar-refractivity contribution is 5.83. The second kappa shape index (κ2) is 8.22. The van der Waals surface area contributed by atoms with Gasteiger partial charge in [0.2, 0.25) is 0 Å². The van der Waals surface area contributed by atoms with Gasteiger partial charge in [-0.2, -0.15) is 5.26 Å². The van der Waals surface area contributed by atoms with Crippen molar-refractivity contribution in [2.45, 2.75) is 6.42 Å². The molecule has 0 aliphatic rings. The van der Waals surface area contributed by atoms with Crippen molar-refractivity contribution in [3.05, 3.63) is 65.4 Å². The highest BCUT2D eigenvalue weighted by atomic mass is 19.1. The van der Waals surface area contributed by atoms with E-state index in [1.54, 1.807) is 18.2 Å². The molecule has 3 aromatic rings. The molecule has 0 unspecified atom stereocenters. The number of methoxy groups -OCH3 is 1. The molecule has 0 saturated heterocycles. The number of H-pyrrole nitrogens is 1. The van der Waals surface area contributed by atoms with Gasteiger partial charge in [-0.3, -0.25) is 4.79 Å². The molecule has 0 spiro atoms. The first-order valence-electron chi connectivity index (χ1n) is 8.27. The number of carbonyl (C=O) groups is 1. The zero-order valence-electron chi connectivity index (χ0n) is 14.9. The van der Waals surface area contributed by atoms with Crippen molar-refractivity contribution in [2.24, 2.45) is 0 Å². The first kappa shape index (κ1) is 18.9. The summed E-state index contributed by atoms with van der Waals surface area (Å²) in [7, 11) is 1.34. The van der Waals surface area contributed by atoms with Crippen LogP contribution in [-0.2, 0) is 16.0 Å². The van der Waals surface area contributed by atoms with Crippen LogP contribution in [0.2, 0.25) is 0 Å². The molecular weight excluding hydrogens is 365 g/mol. The van der Waals surface area contributed by atoms with Gasteiger partial charge in [-0.1, -0.05) is 18.2 Å². The summed E-state index contributed by atoms with van der Waals surface area (Å²) in [5.41, 5.74) is 1.61. The fourth-order valence-electron chi connectivity index (χ4n) is 2.58. The van der Waals surface area contributed by atoms with Gasteiger partial charge >= 0.3 is 5.97 Å². The molecule has 0 atom stereocenters. The Bertz CT molecular complexity index is 1070. The number of aromatic nitrogens is 2. The van der Waals surface area contributed by atoms with Gasteiger partial charge in [0.1, 0.15) is 18.2 Å². The van der Waals surface area contributed by atoms with Crippen LogP contribution < -0.4 is 4.74 Å². The smallest absolute Gasteiger partial charge is 0.310 e. The maximum absolute atomic E-state index is 13.7. The first-order valence-corrected chi connectivity index (χ1v) is 8.27. The molecule has 1 heterocycles. The van der Waals surface area contributed by atoms with E-state index in [0.29, 0.717) is 16.6 Å². The van der Waals surface area contributed by atoms with E-state index >= 15 is 0 Å². The Kier molecular flexibility index (Phi) is 5.56. The number of nitriles is 1. The summed E-state index contributed by atoms with van der Waals surface area (Å²) in [6, 6.07) is 13.1. The minimum atomic E-state index is -0.682. The highest BCUT2D eigenvalue weighted by Crippen LogP contribution is 2.20. The molecule has 0 fully saturated rings. The summed E-state index contributed by atoms with van der Waals surface area (Å²) in [6.07, 6.45) is -0.194. The summed E-state index contributed by atoms with van der Waals surface area (Å²) in [5, 5.41) is 19.5. The number of ether oxygens (including phenoxy) is 2. The second-order valence-electron chi connectivity index (χ2n) is 5.84. The average molecular weight is 381 g/mol. The third-order valence-corrected chi connectivity index (χ3v) is 3.96. The zero-order valence-corrected chi connectivity index (χ0v) is 14.9. The molecule has 28 heavy (non-hydrogen) atoms. The van der Waals surface area contributed by atoms with E-state index in [4.69, 9.17) is 9.47 Å². The number of aliphatic hydroxyl groups excluding tert-OH is 1. The molecule has 0 aliphatic carbocycles. The Hall–Kier alpha value is -3.86. The molecule has 7 nitrogen and oxygen atoms in total. The van der Waals surface area contributed by atoms with E-state index in [-0.39, 0.29) is 23.6 Å². The fourth-order valence-corrected chi connectivity index (χ4v) is 2.58. The number of esters is 1. The van der Waals surface area contributed by atoms with Crippen LogP contribution in [0.15, 0.2) is 48.2 Å². The van der Waals surface area contributed by atoms with Gasteiger partial charge in [-0.05, 0) is 29.8 Å². The second-order valence-corrected chi connectivity index (χ2v) is 5.84. The number of halogens is 1. The lowest BCUT2D eigenvalue weighted by Gasteiger charge is -2.07. The molecule has 0 aliphatic heterocycles. The molecule has 8 heteroatoms. The summed E-state index contributed by atoms with van der Waals surface area (Å²) < 4.78 is 23.5. The molecule has 2 aromatic carbocycles. The number of hydrogen-bond acceptors (Lipinski definition) is 6. The summed E-state index contributed by atoms with van der Waals surface area (Å²) in [4.78, 5) is 19.1. The van der Waals surface area contributed by atoms with Crippen LogP contribution in [-0.4, -0.2) is 34.8 Å². The van der Waals surface area contributed by atoms with Gasteiger partial charge in [-0.15, -0.1) is 0 Å². The van der Waals surface area contributed by atoms with E-state index in [0.717, 1.165) is 0 Å². The van der Waals surface area contributed by atoms with Gasteiger partial charge < -0.3 is 19.6 Å². The Balaban J connectivity index is 1.68. The van der Waals surface area contributed by atoms with E-state index in [1.807, 2.05) is 12.1 Å². The molecule has 1 aromatic heterocycles. The van der Waals surface area contributed by atoms with E-state index in [1.165, 1.54) is 25.3 Å². The number of aromatic amines is 1. The molecule has 0 bridgehead atoms. The number of hydrogen-bond donors (Lipinski definition) is 2. The van der Waals surface area contributed by atoms with Crippen LogP contribution in [0.4, 0.5) is 4.39 Å². The predicted octanol–water partition coefficient (Wildman–Crippen LogP) is 3.29. The number of nitrogens with one attached hydrogen (secondary N) is 1. The Morgan fingerprint density at radius 3 is 2.79 bits per heavy atom. The quantitative estimate of drug-likeness (QED) is 0.385. The number of imidazole rings is 1. The number of fused-ring (bicyclic) bond motifs is 1. The van der Waals surface area contributed by atoms with Crippen molar-refractivity contribution in [2.75, 3.05) is 13.7 Å². The highest BCUT2D eigenvalue weighted by Gasteiger charge is 2.15. The van der Waals surface area contributed by atoms with Crippen molar-refractivity contribution in [3.8, 4) is 11.8 Å². The number of benzene rings is 2. The predicted molar refractivity (Wildman–Crippen MR) is 98.9 cm³/mol. The van der Waals surface area contributed by atoms with Crippen LogP contribution in [0.5, 0.6) is 5.75 Å². The number of carbonyl (C=O) groups excluding carboxylic acids is 1. The monoisotopic (exact) mass is 381 g/mol. The van der Waals surface area contributed by atoms with Crippen LogP contribution in [0, 0.1) is 17.1 Å². The van der Waals surface area contributed by atoms with Crippen LogP contribution in [0.1, 0.15) is 11.4 Å². The maximum Gasteiger partial charge on any atom is 0.310 e. The van der Waals surface area contributed by atoms with Crippen molar-refractivity contribution in [1.29, 1.82) is 5.26 Å². The maximum atomic E-state index is 13.7. The minimum absolute atomic E-state index is 0.0715. The van der Waals surface area contributed by atoms with Crippen molar-refractivity contribution >= 4 is 22.6 Å². The number of nitrogens with zero attached hydrogens (tertiary/aromatic N) is 2. The summed E-state index contributed by atoms with van der Waals surface area (Å²) >= 11 is 0. The van der Waals surface area contributed by atoms with Crippen molar-refractivity contribution in [3.63, 3.8) is 0 Å². The third-order valence-electron chi connectivity index (χ3n) is 3.96. The minimum Gasteiger partial charge on any atom is -0.507 e. The summed E-state index contributed by atoms with van der Waals surface area (Å²) in [5.74, 6) is -1.46. The molecule has 0 amide bonds. The van der Waals surface area contributed by atoms with Gasteiger partial charge in [0, 0.05) is 0 Å². The van der Waals surface area contributed by atoms with E-state index in [9.17, 15) is 19.6 Å². The SMILES string of the molecule is COc1ccc(CC(=O)OC/C(O)=C(\C#N)c2nc3ccccc3[nH]2)cc1F. The number of allylic oxidation sites excluding steroid dienone is 1. The van der Waals surface area contributed by atoms with E-state index < -0.39 is 24.2 Å². The van der Waals surface area contributed by atoms with Gasteiger partial charge in [0.05, 0.1) is 24.6 Å². The zero-order chi connectivity index (χ0) is 20.1. The van der Waals surface area contributed by atoms with Crippen molar-refractivity contribution in [1.82, 2.24) is 9.97 Å². The van der Waals surface area contributed by atoms with Crippen LogP contribution in [0.3, 0.4) is 0 Å². The van der Waals surface area contributed by atoms with Crippen LogP contribution in [0.25, 0.3) is 16.6 Å². The largest absolute Gasteiger partial charge is 0.507 e. The lowest BCUT2D eigenvalue weighted by molar-refractivity contribution is -0.142. The molecule has 2 N–H and O–H groups in total. The average Bonchev–Trinajstić information content (AvgIpc) is 3.10. The lowest BCUT2D eigenvalue weighted by atomic mass is 10.1. The Morgan fingerprint density at radius 2 is 2.11 bits per heavy atom. The number of para-hydroxylation sites is 2. The van der Waals surface area contributed by atoms with Crippen LogP contribution >= 0.6 is 0 Å².